The monoisotopic (exact) mass is 264 g/mol. The average Bonchev–Trinajstić information content (AvgIpc) is 2.38. The molecule has 2 aromatic heterocycles. The van der Waals surface area contributed by atoms with Gasteiger partial charge in [0.25, 0.3) is 11.1 Å². The van der Waals surface area contributed by atoms with Crippen molar-refractivity contribution in [1.82, 2.24) is 13.7 Å². The number of pyridine rings is 1. The summed E-state index contributed by atoms with van der Waals surface area (Å²) in [7, 11) is 4.18. The predicted molar refractivity (Wildman–Crippen MR) is 68.5 cm³/mol. The first-order chi connectivity index (χ1) is 8.82. The number of nitrogens with zero attached hydrogens (tertiary/aromatic N) is 3. The fourth-order valence-corrected chi connectivity index (χ4v) is 2.28. The van der Waals surface area contributed by atoms with Gasteiger partial charge in [0, 0.05) is 26.7 Å². The first kappa shape index (κ1) is 13.1. The maximum absolute atomic E-state index is 12.2. The van der Waals surface area contributed by atoms with Crippen LogP contribution >= 0.6 is 0 Å². The summed E-state index contributed by atoms with van der Waals surface area (Å²) in [4.78, 5) is 36.0. The molecule has 2 rings (SSSR count). The first-order valence-corrected chi connectivity index (χ1v) is 5.81. The van der Waals surface area contributed by atoms with Gasteiger partial charge >= 0.3 is 5.69 Å². The van der Waals surface area contributed by atoms with Gasteiger partial charge in [-0.3, -0.25) is 23.3 Å². The maximum atomic E-state index is 12.2. The van der Waals surface area contributed by atoms with E-state index in [-0.39, 0.29) is 23.0 Å². The van der Waals surface area contributed by atoms with Crippen molar-refractivity contribution in [3.05, 3.63) is 36.8 Å². The standard InChI is InChI=1S/C12H15N3O4/c1-5-6-8(16)7-9(13(2)10(6)17)14(3)12(19)15(4)11(7)18/h16H,5H2,1-4H3/p-1. The van der Waals surface area contributed by atoms with Crippen molar-refractivity contribution < 1.29 is 5.11 Å². The molecule has 0 spiro atoms. The zero-order valence-corrected chi connectivity index (χ0v) is 11.2. The van der Waals surface area contributed by atoms with Crippen LogP contribution in [0, 0.1) is 0 Å². The van der Waals surface area contributed by atoms with Gasteiger partial charge in [-0.05, 0) is 6.42 Å². The van der Waals surface area contributed by atoms with E-state index in [2.05, 4.69) is 0 Å². The van der Waals surface area contributed by atoms with Crippen molar-refractivity contribution in [3.63, 3.8) is 0 Å². The third kappa shape index (κ3) is 1.54. The largest absolute Gasteiger partial charge is 0.872 e. The second-order valence-electron chi connectivity index (χ2n) is 4.43. The SMILES string of the molecule is CCc1c([O-])c2c(=O)n(C)c(=O)n(C)c2n(C)c1=O. The number of hydrogen-bond donors (Lipinski definition) is 0. The van der Waals surface area contributed by atoms with Gasteiger partial charge in [-0.1, -0.05) is 12.7 Å². The zero-order valence-electron chi connectivity index (χ0n) is 11.2. The Labute approximate surface area is 108 Å². The average molecular weight is 264 g/mol. The van der Waals surface area contributed by atoms with Crippen LogP contribution in [0.2, 0.25) is 0 Å². The van der Waals surface area contributed by atoms with Crippen molar-refractivity contribution in [1.29, 1.82) is 0 Å². The summed E-state index contributed by atoms with van der Waals surface area (Å²) < 4.78 is 3.19. The summed E-state index contributed by atoms with van der Waals surface area (Å²) in [6.45, 7) is 1.68. The lowest BCUT2D eigenvalue weighted by Crippen LogP contribution is -2.40. The molecule has 0 amide bonds. The van der Waals surface area contributed by atoms with E-state index in [0.29, 0.717) is 0 Å². The minimum Gasteiger partial charge on any atom is -0.872 e. The van der Waals surface area contributed by atoms with E-state index in [1.165, 1.54) is 25.7 Å². The zero-order chi connectivity index (χ0) is 14.5. The fraction of sp³-hybridized carbons (Fsp3) is 0.417. The van der Waals surface area contributed by atoms with Crippen LogP contribution in [0.4, 0.5) is 0 Å². The summed E-state index contributed by atoms with van der Waals surface area (Å²) in [6.07, 6.45) is 0.243. The molecule has 19 heavy (non-hydrogen) atoms. The van der Waals surface area contributed by atoms with E-state index in [0.717, 1.165) is 9.13 Å². The molecule has 0 atom stereocenters. The first-order valence-electron chi connectivity index (χ1n) is 5.81. The van der Waals surface area contributed by atoms with E-state index in [1.54, 1.807) is 6.92 Å². The van der Waals surface area contributed by atoms with Gasteiger partial charge in [0.05, 0.1) is 5.39 Å². The molecule has 0 aromatic carbocycles. The van der Waals surface area contributed by atoms with Gasteiger partial charge in [-0.2, -0.15) is 0 Å². The number of fused-ring (bicyclic) bond motifs is 1. The topological polar surface area (TPSA) is 89.1 Å². The lowest BCUT2D eigenvalue weighted by Gasteiger charge is -2.19. The molecule has 7 heteroatoms. The summed E-state index contributed by atoms with van der Waals surface area (Å²) in [6, 6.07) is 0. The van der Waals surface area contributed by atoms with Crippen molar-refractivity contribution in [2.45, 2.75) is 13.3 Å². The molecule has 0 bridgehead atoms. The predicted octanol–water partition coefficient (Wildman–Crippen LogP) is -1.43. The molecular formula is C12H14N3O4-. The van der Waals surface area contributed by atoms with Crippen LogP contribution in [-0.4, -0.2) is 13.7 Å². The van der Waals surface area contributed by atoms with Crippen LogP contribution in [0.15, 0.2) is 14.4 Å². The van der Waals surface area contributed by atoms with Gasteiger partial charge in [-0.25, -0.2) is 4.79 Å². The van der Waals surface area contributed by atoms with E-state index < -0.39 is 22.6 Å². The lowest BCUT2D eigenvalue weighted by atomic mass is 10.1. The van der Waals surface area contributed by atoms with Crippen LogP contribution < -0.4 is 21.9 Å². The van der Waals surface area contributed by atoms with E-state index in [9.17, 15) is 19.5 Å². The van der Waals surface area contributed by atoms with Crippen molar-refractivity contribution in [2.75, 3.05) is 0 Å². The molecule has 0 aliphatic rings. The molecule has 0 N–H and O–H groups in total. The Kier molecular flexibility index (Phi) is 2.84. The van der Waals surface area contributed by atoms with Gasteiger partial charge < -0.3 is 5.11 Å². The second-order valence-corrected chi connectivity index (χ2v) is 4.43. The van der Waals surface area contributed by atoms with Crippen molar-refractivity contribution >= 4 is 11.0 Å². The van der Waals surface area contributed by atoms with Gasteiger partial charge in [0.2, 0.25) is 0 Å². The van der Waals surface area contributed by atoms with Crippen LogP contribution in [0.3, 0.4) is 0 Å². The Hall–Kier alpha value is -2.31. The third-order valence-electron chi connectivity index (χ3n) is 3.37. The summed E-state index contributed by atoms with van der Waals surface area (Å²) in [5.41, 5.74) is -1.60. The highest BCUT2D eigenvalue weighted by molar-refractivity contribution is 5.82. The molecule has 0 unspecified atom stereocenters. The second kappa shape index (κ2) is 4.11. The smallest absolute Gasteiger partial charge is 0.332 e. The number of aryl methyl sites for hydroxylation is 2. The lowest BCUT2D eigenvalue weighted by molar-refractivity contribution is -0.267. The highest BCUT2D eigenvalue weighted by atomic mass is 16.3. The maximum Gasteiger partial charge on any atom is 0.332 e. The molecular weight excluding hydrogens is 250 g/mol. The molecule has 2 aromatic rings. The van der Waals surface area contributed by atoms with Crippen LogP contribution in [-0.2, 0) is 27.6 Å². The number of hydrogen-bond acceptors (Lipinski definition) is 4. The van der Waals surface area contributed by atoms with Gasteiger partial charge in [-0.15, -0.1) is 0 Å². The molecule has 0 saturated heterocycles. The Bertz CT molecular complexity index is 855. The van der Waals surface area contributed by atoms with E-state index in [1.807, 2.05) is 0 Å². The molecule has 0 radical (unpaired) electrons. The normalized spacial score (nSPS) is 11.2. The highest BCUT2D eigenvalue weighted by Crippen LogP contribution is 2.18. The molecule has 7 nitrogen and oxygen atoms in total. The molecule has 0 saturated carbocycles. The van der Waals surface area contributed by atoms with Crippen LogP contribution in [0.1, 0.15) is 12.5 Å². The summed E-state index contributed by atoms with van der Waals surface area (Å²) in [5.74, 6) is -0.586. The van der Waals surface area contributed by atoms with Crippen LogP contribution in [0.25, 0.3) is 11.0 Å². The van der Waals surface area contributed by atoms with Crippen molar-refractivity contribution in [2.24, 2.45) is 21.1 Å². The third-order valence-corrected chi connectivity index (χ3v) is 3.37. The van der Waals surface area contributed by atoms with E-state index in [4.69, 9.17) is 0 Å². The minimum absolute atomic E-state index is 0.0558. The minimum atomic E-state index is -0.673. The Morgan fingerprint density at radius 1 is 0.947 bits per heavy atom. The van der Waals surface area contributed by atoms with E-state index >= 15 is 0 Å². The molecule has 0 aliphatic carbocycles. The van der Waals surface area contributed by atoms with Gasteiger partial charge in [0.15, 0.2) is 0 Å². The Balaban J connectivity index is 3.33. The van der Waals surface area contributed by atoms with Crippen molar-refractivity contribution in [3.8, 4) is 5.75 Å². The van der Waals surface area contributed by atoms with Gasteiger partial charge in [0.1, 0.15) is 5.65 Å². The molecule has 2 heterocycles. The highest BCUT2D eigenvalue weighted by Gasteiger charge is 2.15. The fourth-order valence-electron chi connectivity index (χ4n) is 2.28. The summed E-state index contributed by atoms with van der Waals surface area (Å²) in [5, 5.41) is 12.1. The quantitative estimate of drug-likeness (QED) is 0.631. The van der Waals surface area contributed by atoms with Crippen LogP contribution in [0.5, 0.6) is 5.75 Å². The number of aromatic nitrogens is 3. The molecule has 102 valence electrons. The molecule has 0 aliphatic heterocycles. The number of rotatable bonds is 1. The Morgan fingerprint density at radius 2 is 1.53 bits per heavy atom. The summed E-state index contributed by atoms with van der Waals surface area (Å²) >= 11 is 0. The molecule has 0 fully saturated rings. The Morgan fingerprint density at radius 3 is 2.05 bits per heavy atom.